The molecular weight excluding hydrogens is 472 g/mol. The molecule has 9 nitrogen and oxygen atoms in total. The summed E-state index contributed by atoms with van der Waals surface area (Å²) >= 11 is 1.21. The molecule has 1 N–H and O–H groups in total. The number of carbonyl (C=O) groups is 3. The number of carboxylic acid groups (broad SMARTS) is 1. The maximum Gasteiger partial charge on any atom is 0.344 e. The Morgan fingerprint density at radius 1 is 1.06 bits per heavy atom. The van der Waals surface area contributed by atoms with Crippen LogP contribution in [-0.2, 0) is 14.3 Å². The number of ether oxygens (including phenoxy) is 3. The van der Waals surface area contributed by atoms with Gasteiger partial charge in [-0.25, -0.2) is 14.6 Å². The molecular formula is C25H26N2O7S. The monoisotopic (exact) mass is 498 g/mol. The van der Waals surface area contributed by atoms with Crippen LogP contribution in [0.25, 0.3) is 6.08 Å². The van der Waals surface area contributed by atoms with Gasteiger partial charge in [-0.1, -0.05) is 12.1 Å². The number of carboxylic acids is 1. The minimum absolute atomic E-state index is 0.119. The number of aromatic carboxylic acids is 1. The number of esters is 1. The van der Waals surface area contributed by atoms with Gasteiger partial charge in [0.05, 0.1) is 29.4 Å². The smallest absolute Gasteiger partial charge is 0.344 e. The van der Waals surface area contributed by atoms with Gasteiger partial charge in [0.25, 0.3) is 5.91 Å². The predicted molar refractivity (Wildman–Crippen MR) is 133 cm³/mol. The fourth-order valence-corrected chi connectivity index (χ4v) is 4.24. The summed E-state index contributed by atoms with van der Waals surface area (Å²) in [6.45, 7) is 6.22. The van der Waals surface area contributed by atoms with Gasteiger partial charge >= 0.3 is 11.9 Å². The second-order valence-corrected chi connectivity index (χ2v) is 8.15. The van der Waals surface area contributed by atoms with Crippen LogP contribution in [0.15, 0.2) is 52.4 Å². The van der Waals surface area contributed by atoms with Crippen LogP contribution in [-0.4, -0.2) is 59.4 Å². The Kier molecular flexibility index (Phi) is 8.91. The zero-order chi connectivity index (χ0) is 25.4. The van der Waals surface area contributed by atoms with Gasteiger partial charge in [-0.2, -0.15) is 0 Å². The van der Waals surface area contributed by atoms with Crippen molar-refractivity contribution in [1.29, 1.82) is 0 Å². The molecule has 0 saturated carbocycles. The number of aliphatic imine (C=N–C) groups is 1. The van der Waals surface area contributed by atoms with Gasteiger partial charge in [0.1, 0.15) is 0 Å². The molecule has 0 spiro atoms. The zero-order valence-electron chi connectivity index (χ0n) is 19.6. The van der Waals surface area contributed by atoms with E-state index in [0.717, 1.165) is 0 Å². The SMILES string of the molecule is CCOC(=O)COc1ccc(/C=C2/SC(=Nc3cccc(C(=O)O)c3)N(CC)C2=O)cc1OCC. The minimum atomic E-state index is -1.05. The average molecular weight is 499 g/mol. The molecule has 0 aliphatic carbocycles. The Balaban J connectivity index is 1.86. The van der Waals surface area contributed by atoms with Crippen LogP contribution < -0.4 is 9.47 Å². The van der Waals surface area contributed by atoms with Gasteiger partial charge in [0.2, 0.25) is 0 Å². The van der Waals surface area contributed by atoms with Crippen molar-refractivity contribution >= 4 is 46.5 Å². The molecule has 3 rings (SSSR count). The molecule has 0 unspecified atom stereocenters. The van der Waals surface area contributed by atoms with Crippen LogP contribution in [0, 0.1) is 0 Å². The number of amides is 1. The lowest BCUT2D eigenvalue weighted by Crippen LogP contribution is -2.28. The average Bonchev–Trinajstić information content (AvgIpc) is 3.12. The first-order valence-corrected chi connectivity index (χ1v) is 11.9. The summed E-state index contributed by atoms with van der Waals surface area (Å²) in [6, 6.07) is 11.4. The Morgan fingerprint density at radius 3 is 2.54 bits per heavy atom. The molecule has 2 aromatic carbocycles. The van der Waals surface area contributed by atoms with Crippen molar-refractivity contribution in [3.8, 4) is 11.5 Å². The Bertz CT molecular complexity index is 1180. The Morgan fingerprint density at radius 2 is 1.86 bits per heavy atom. The molecule has 2 aromatic rings. The summed E-state index contributed by atoms with van der Waals surface area (Å²) in [7, 11) is 0. The number of likely N-dealkylation sites (N-methyl/N-ethyl adjacent to an activating group) is 1. The minimum Gasteiger partial charge on any atom is -0.490 e. The molecule has 0 aromatic heterocycles. The summed E-state index contributed by atoms with van der Waals surface area (Å²) in [5.41, 5.74) is 1.27. The van der Waals surface area contributed by atoms with Crippen LogP contribution in [0.5, 0.6) is 11.5 Å². The summed E-state index contributed by atoms with van der Waals surface area (Å²) in [5, 5.41) is 9.68. The van der Waals surface area contributed by atoms with Crippen LogP contribution in [0.2, 0.25) is 0 Å². The third-order valence-corrected chi connectivity index (χ3v) is 5.75. The number of benzene rings is 2. The van der Waals surface area contributed by atoms with E-state index >= 15 is 0 Å². The quantitative estimate of drug-likeness (QED) is 0.380. The number of hydrogen-bond donors (Lipinski definition) is 1. The number of nitrogens with zero attached hydrogens (tertiary/aromatic N) is 2. The Labute approximate surface area is 207 Å². The summed E-state index contributed by atoms with van der Waals surface area (Å²) in [4.78, 5) is 42.3. The maximum atomic E-state index is 13.0. The van der Waals surface area contributed by atoms with E-state index in [1.807, 2.05) is 13.8 Å². The van der Waals surface area contributed by atoms with Gasteiger partial charge in [-0.15, -0.1) is 0 Å². The second-order valence-electron chi connectivity index (χ2n) is 7.14. The highest BCUT2D eigenvalue weighted by molar-refractivity contribution is 8.18. The molecule has 10 heteroatoms. The molecule has 1 saturated heterocycles. The lowest BCUT2D eigenvalue weighted by Gasteiger charge is -2.12. The molecule has 0 atom stereocenters. The lowest BCUT2D eigenvalue weighted by molar-refractivity contribution is -0.145. The molecule has 1 aliphatic rings. The van der Waals surface area contributed by atoms with E-state index < -0.39 is 11.9 Å². The van der Waals surface area contributed by atoms with Gasteiger partial charge in [0.15, 0.2) is 23.3 Å². The Hall–Kier alpha value is -3.79. The molecule has 0 radical (unpaired) electrons. The molecule has 1 heterocycles. The second kappa shape index (κ2) is 12.1. The van der Waals surface area contributed by atoms with Crippen LogP contribution in [0.3, 0.4) is 0 Å². The number of carbonyl (C=O) groups excluding carboxylic acids is 2. The summed E-state index contributed by atoms with van der Waals surface area (Å²) in [6.07, 6.45) is 1.73. The topological polar surface area (TPSA) is 115 Å². The van der Waals surface area contributed by atoms with Crippen LogP contribution >= 0.6 is 11.8 Å². The molecule has 1 amide bonds. The van der Waals surface area contributed by atoms with Gasteiger partial charge < -0.3 is 19.3 Å². The first-order chi connectivity index (χ1) is 16.9. The van der Waals surface area contributed by atoms with E-state index in [1.165, 1.54) is 28.8 Å². The van der Waals surface area contributed by atoms with E-state index in [0.29, 0.717) is 46.0 Å². The predicted octanol–water partition coefficient (Wildman–Crippen LogP) is 4.35. The molecule has 1 fully saturated rings. The van der Waals surface area contributed by atoms with E-state index in [4.69, 9.17) is 14.2 Å². The third-order valence-electron chi connectivity index (χ3n) is 4.74. The van der Waals surface area contributed by atoms with Gasteiger partial charge in [0, 0.05) is 6.54 Å². The first kappa shape index (κ1) is 25.8. The number of hydrogen-bond acceptors (Lipinski definition) is 8. The van der Waals surface area contributed by atoms with Crippen molar-refractivity contribution < 1.29 is 33.7 Å². The van der Waals surface area contributed by atoms with E-state index in [1.54, 1.807) is 43.3 Å². The third kappa shape index (κ3) is 6.63. The lowest BCUT2D eigenvalue weighted by atomic mass is 10.2. The van der Waals surface area contributed by atoms with Crippen molar-refractivity contribution in [2.75, 3.05) is 26.4 Å². The number of amidine groups is 1. The normalized spacial score (nSPS) is 15.5. The molecule has 1 aliphatic heterocycles. The van der Waals surface area contributed by atoms with E-state index in [2.05, 4.69) is 4.99 Å². The first-order valence-electron chi connectivity index (χ1n) is 11.0. The fourth-order valence-electron chi connectivity index (χ4n) is 3.18. The van der Waals surface area contributed by atoms with Gasteiger partial charge in [-0.05, 0) is 74.5 Å². The fraction of sp³-hybridized carbons (Fsp3) is 0.280. The van der Waals surface area contributed by atoms with E-state index in [-0.39, 0.29) is 24.7 Å². The van der Waals surface area contributed by atoms with Crippen molar-refractivity contribution in [2.24, 2.45) is 4.99 Å². The standard InChI is InChI=1S/C25H26N2O7S/c1-4-27-23(29)21(35-25(27)26-18-9-7-8-17(14-18)24(30)31)13-16-10-11-19(20(12-16)32-5-2)34-15-22(28)33-6-3/h7-14H,4-6,15H2,1-3H3,(H,30,31)/b21-13+,26-25?. The van der Waals surface area contributed by atoms with Crippen LogP contribution in [0.1, 0.15) is 36.7 Å². The highest BCUT2D eigenvalue weighted by atomic mass is 32.2. The van der Waals surface area contributed by atoms with E-state index in [9.17, 15) is 19.5 Å². The van der Waals surface area contributed by atoms with Crippen molar-refractivity contribution in [2.45, 2.75) is 20.8 Å². The van der Waals surface area contributed by atoms with Crippen LogP contribution in [0.4, 0.5) is 5.69 Å². The summed E-state index contributed by atoms with van der Waals surface area (Å²) in [5.74, 6) is -0.896. The van der Waals surface area contributed by atoms with Crippen molar-refractivity contribution in [1.82, 2.24) is 4.90 Å². The zero-order valence-corrected chi connectivity index (χ0v) is 20.5. The number of rotatable bonds is 10. The molecule has 35 heavy (non-hydrogen) atoms. The maximum absolute atomic E-state index is 13.0. The highest BCUT2D eigenvalue weighted by Gasteiger charge is 2.32. The molecule has 184 valence electrons. The summed E-state index contributed by atoms with van der Waals surface area (Å²) < 4.78 is 16.1. The molecule has 0 bridgehead atoms. The van der Waals surface area contributed by atoms with Crippen molar-refractivity contribution in [3.05, 3.63) is 58.5 Å². The highest BCUT2D eigenvalue weighted by Crippen LogP contribution is 2.36. The largest absolute Gasteiger partial charge is 0.490 e. The van der Waals surface area contributed by atoms with Gasteiger partial charge in [-0.3, -0.25) is 9.69 Å². The van der Waals surface area contributed by atoms with Crippen molar-refractivity contribution in [3.63, 3.8) is 0 Å². The number of thioether (sulfide) groups is 1.